The Morgan fingerprint density at radius 1 is 1.25 bits per heavy atom. The highest BCUT2D eigenvalue weighted by Gasteiger charge is 2.13. The third-order valence-electron chi connectivity index (χ3n) is 3.44. The van der Waals surface area contributed by atoms with Gasteiger partial charge in [0.2, 0.25) is 5.76 Å². The molecule has 1 amide bonds. The Bertz CT molecular complexity index is 598. The van der Waals surface area contributed by atoms with Gasteiger partial charge in [0, 0.05) is 31.4 Å². The Hall–Kier alpha value is -2.30. The number of aryl methyl sites for hydroxylation is 1. The second-order valence-corrected chi connectivity index (χ2v) is 4.94. The molecule has 104 valence electrons. The number of nitrogens with one attached hydrogen (secondary N) is 1. The van der Waals surface area contributed by atoms with E-state index in [1.54, 1.807) is 6.92 Å². The first kappa shape index (κ1) is 12.7. The molecule has 1 aliphatic heterocycles. The number of carbonyl (C=O) groups is 1. The van der Waals surface area contributed by atoms with E-state index in [0.29, 0.717) is 5.89 Å². The highest BCUT2D eigenvalue weighted by Crippen LogP contribution is 2.22. The highest BCUT2D eigenvalue weighted by molar-refractivity contribution is 6.02. The first-order valence-electron chi connectivity index (χ1n) is 6.81. The number of oxazole rings is 1. The van der Waals surface area contributed by atoms with Gasteiger partial charge in [-0.1, -0.05) is 0 Å². The van der Waals surface area contributed by atoms with E-state index in [2.05, 4.69) is 15.2 Å². The van der Waals surface area contributed by atoms with Gasteiger partial charge < -0.3 is 14.6 Å². The monoisotopic (exact) mass is 271 g/mol. The van der Waals surface area contributed by atoms with Crippen LogP contribution in [0.4, 0.5) is 11.4 Å². The van der Waals surface area contributed by atoms with E-state index in [-0.39, 0.29) is 11.7 Å². The zero-order valence-corrected chi connectivity index (χ0v) is 11.4. The quantitative estimate of drug-likeness (QED) is 0.932. The highest BCUT2D eigenvalue weighted by atomic mass is 16.4. The molecule has 0 spiro atoms. The molecule has 0 aliphatic carbocycles. The van der Waals surface area contributed by atoms with Gasteiger partial charge in [0.25, 0.3) is 5.91 Å². The van der Waals surface area contributed by atoms with Crippen molar-refractivity contribution >= 4 is 17.3 Å². The molecule has 0 atom stereocenters. The Kier molecular flexibility index (Phi) is 3.41. The predicted octanol–water partition coefficient (Wildman–Crippen LogP) is 2.84. The Morgan fingerprint density at radius 3 is 2.55 bits per heavy atom. The van der Waals surface area contributed by atoms with E-state index in [1.807, 2.05) is 24.3 Å². The molecule has 0 unspecified atom stereocenters. The fourth-order valence-corrected chi connectivity index (χ4v) is 2.39. The van der Waals surface area contributed by atoms with E-state index in [1.165, 1.54) is 24.7 Å². The summed E-state index contributed by atoms with van der Waals surface area (Å²) in [4.78, 5) is 18.2. The molecule has 1 fully saturated rings. The summed E-state index contributed by atoms with van der Waals surface area (Å²) in [6, 6.07) is 7.89. The van der Waals surface area contributed by atoms with Gasteiger partial charge >= 0.3 is 0 Å². The van der Waals surface area contributed by atoms with Crippen molar-refractivity contribution in [2.24, 2.45) is 0 Å². The first-order valence-corrected chi connectivity index (χ1v) is 6.81. The summed E-state index contributed by atoms with van der Waals surface area (Å²) in [5.41, 5.74) is 1.96. The van der Waals surface area contributed by atoms with Crippen LogP contribution in [0.5, 0.6) is 0 Å². The van der Waals surface area contributed by atoms with Crippen LogP contribution in [0.2, 0.25) is 0 Å². The number of amides is 1. The maximum absolute atomic E-state index is 11.9. The SMILES string of the molecule is Cc1ncc(C(=O)Nc2ccc(N3CCCC3)cc2)o1. The standard InChI is InChI=1S/C15H17N3O2/c1-11-16-10-14(20-11)15(19)17-12-4-6-13(7-5-12)18-8-2-3-9-18/h4-7,10H,2-3,8-9H2,1H3,(H,17,19). The maximum atomic E-state index is 11.9. The van der Waals surface area contributed by atoms with Crippen LogP contribution >= 0.6 is 0 Å². The second-order valence-electron chi connectivity index (χ2n) is 4.94. The van der Waals surface area contributed by atoms with Crippen molar-refractivity contribution in [3.63, 3.8) is 0 Å². The molecular weight excluding hydrogens is 254 g/mol. The molecule has 1 saturated heterocycles. The van der Waals surface area contributed by atoms with Crippen LogP contribution in [0.1, 0.15) is 29.3 Å². The zero-order chi connectivity index (χ0) is 13.9. The Balaban J connectivity index is 1.67. The fraction of sp³-hybridized carbons (Fsp3) is 0.333. The minimum Gasteiger partial charge on any atom is -0.436 e. The molecule has 5 heteroatoms. The maximum Gasteiger partial charge on any atom is 0.293 e. The number of hydrogen-bond acceptors (Lipinski definition) is 4. The largest absolute Gasteiger partial charge is 0.436 e. The van der Waals surface area contributed by atoms with Gasteiger partial charge in [-0.15, -0.1) is 0 Å². The molecule has 20 heavy (non-hydrogen) atoms. The normalized spacial score (nSPS) is 14.6. The van der Waals surface area contributed by atoms with Crippen molar-refractivity contribution in [3.8, 4) is 0 Å². The molecule has 5 nitrogen and oxygen atoms in total. The second kappa shape index (κ2) is 5.36. The Morgan fingerprint density at radius 2 is 1.95 bits per heavy atom. The molecule has 0 saturated carbocycles. The number of rotatable bonds is 3. The van der Waals surface area contributed by atoms with Gasteiger partial charge in [0.05, 0.1) is 6.20 Å². The summed E-state index contributed by atoms with van der Waals surface area (Å²) >= 11 is 0. The van der Waals surface area contributed by atoms with E-state index in [4.69, 9.17) is 4.42 Å². The minimum atomic E-state index is -0.278. The van der Waals surface area contributed by atoms with E-state index >= 15 is 0 Å². The van der Waals surface area contributed by atoms with Crippen LogP contribution in [0, 0.1) is 6.92 Å². The van der Waals surface area contributed by atoms with Gasteiger partial charge in [-0.2, -0.15) is 0 Å². The van der Waals surface area contributed by atoms with Crippen molar-refractivity contribution in [2.45, 2.75) is 19.8 Å². The van der Waals surface area contributed by atoms with Crippen LogP contribution < -0.4 is 10.2 Å². The lowest BCUT2D eigenvalue weighted by molar-refractivity contribution is 0.0995. The minimum absolute atomic E-state index is 0.228. The molecule has 1 N–H and O–H groups in total. The third kappa shape index (κ3) is 2.66. The lowest BCUT2D eigenvalue weighted by Gasteiger charge is -2.17. The smallest absolute Gasteiger partial charge is 0.293 e. The topological polar surface area (TPSA) is 58.4 Å². The van der Waals surface area contributed by atoms with Crippen LogP contribution in [0.3, 0.4) is 0 Å². The van der Waals surface area contributed by atoms with Gasteiger partial charge in [0.15, 0.2) is 5.89 Å². The van der Waals surface area contributed by atoms with Crippen molar-refractivity contribution in [1.29, 1.82) is 0 Å². The number of aromatic nitrogens is 1. The third-order valence-corrected chi connectivity index (χ3v) is 3.44. The van der Waals surface area contributed by atoms with E-state index in [0.717, 1.165) is 18.8 Å². The first-order chi connectivity index (χ1) is 9.72. The van der Waals surface area contributed by atoms with Crippen LogP contribution in [0.25, 0.3) is 0 Å². The fourth-order valence-electron chi connectivity index (χ4n) is 2.39. The summed E-state index contributed by atoms with van der Waals surface area (Å²) in [5.74, 6) is 0.435. The van der Waals surface area contributed by atoms with Crippen molar-refractivity contribution in [2.75, 3.05) is 23.3 Å². The van der Waals surface area contributed by atoms with Gasteiger partial charge in [-0.3, -0.25) is 4.79 Å². The number of carbonyl (C=O) groups excluding carboxylic acids is 1. The van der Waals surface area contributed by atoms with Crippen molar-refractivity contribution in [3.05, 3.63) is 42.1 Å². The number of nitrogens with zero attached hydrogens (tertiary/aromatic N) is 2. The molecule has 0 bridgehead atoms. The molecule has 3 rings (SSSR count). The molecule has 1 aliphatic rings. The summed E-state index contributed by atoms with van der Waals surface area (Å²) in [6.45, 7) is 3.94. The van der Waals surface area contributed by atoms with E-state index in [9.17, 15) is 4.79 Å². The Labute approximate surface area is 117 Å². The molecular formula is C15H17N3O2. The van der Waals surface area contributed by atoms with Crippen molar-refractivity contribution < 1.29 is 9.21 Å². The lowest BCUT2D eigenvalue weighted by atomic mass is 10.2. The summed E-state index contributed by atoms with van der Waals surface area (Å²) < 4.78 is 5.19. The molecule has 1 aromatic carbocycles. The average molecular weight is 271 g/mol. The van der Waals surface area contributed by atoms with Crippen LogP contribution in [-0.2, 0) is 0 Å². The van der Waals surface area contributed by atoms with Crippen LogP contribution in [0.15, 0.2) is 34.9 Å². The number of anilines is 2. The summed E-state index contributed by atoms with van der Waals surface area (Å²) in [5, 5.41) is 2.80. The number of benzene rings is 1. The van der Waals surface area contributed by atoms with Gasteiger partial charge in [-0.05, 0) is 37.1 Å². The molecule has 0 radical (unpaired) electrons. The molecule has 2 aromatic rings. The lowest BCUT2D eigenvalue weighted by Crippen LogP contribution is -2.17. The van der Waals surface area contributed by atoms with Crippen LogP contribution in [-0.4, -0.2) is 24.0 Å². The predicted molar refractivity (Wildman–Crippen MR) is 77.1 cm³/mol. The molecule has 2 heterocycles. The van der Waals surface area contributed by atoms with Gasteiger partial charge in [0.1, 0.15) is 0 Å². The summed E-state index contributed by atoms with van der Waals surface area (Å²) in [7, 11) is 0. The number of hydrogen-bond donors (Lipinski definition) is 1. The van der Waals surface area contributed by atoms with Gasteiger partial charge in [-0.25, -0.2) is 4.98 Å². The average Bonchev–Trinajstić information content (AvgIpc) is 3.10. The van der Waals surface area contributed by atoms with Crippen molar-refractivity contribution in [1.82, 2.24) is 4.98 Å². The zero-order valence-electron chi connectivity index (χ0n) is 11.4. The summed E-state index contributed by atoms with van der Waals surface area (Å²) in [6.07, 6.45) is 3.94. The van der Waals surface area contributed by atoms with E-state index < -0.39 is 0 Å². The molecule has 1 aromatic heterocycles.